The van der Waals surface area contributed by atoms with Gasteiger partial charge in [0, 0.05) is 30.5 Å². The van der Waals surface area contributed by atoms with Gasteiger partial charge in [-0.05, 0) is 45.4 Å². The number of pyridine rings is 1. The zero-order valence-electron chi connectivity index (χ0n) is 19.6. The summed E-state index contributed by atoms with van der Waals surface area (Å²) in [5.74, 6) is -0.797. The summed E-state index contributed by atoms with van der Waals surface area (Å²) in [6, 6.07) is 10.7. The number of hydrogen-bond donors (Lipinski definition) is 1. The number of rotatable bonds is 8. The van der Waals surface area contributed by atoms with Gasteiger partial charge in [0.15, 0.2) is 5.82 Å². The zero-order valence-corrected chi connectivity index (χ0v) is 19.6. The Kier molecular flexibility index (Phi) is 9.20. The van der Waals surface area contributed by atoms with Crippen LogP contribution in [-0.4, -0.2) is 47.9 Å². The number of nitrogens with one attached hydrogen (secondary N) is 1. The van der Waals surface area contributed by atoms with Crippen molar-refractivity contribution in [3.63, 3.8) is 0 Å². The second kappa shape index (κ2) is 11.8. The van der Waals surface area contributed by atoms with Crippen molar-refractivity contribution in [2.24, 2.45) is 0 Å². The monoisotopic (exact) mass is 459 g/mol. The van der Waals surface area contributed by atoms with Gasteiger partial charge in [-0.1, -0.05) is 30.3 Å². The van der Waals surface area contributed by atoms with Crippen molar-refractivity contribution < 1.29 is 28.2 Å². The number of halogens is 1. The van der Waals surface area contributed by atoms with Crippen LogP contribution < -0.4 is 10.1 Å². The van der Waals surface area contributed by atoms with Crippen LogP contribution in [0.15, 0.2) is 48.3 Å². The first-order valence-corrected chi connectivity index (χ1v) is 10.4. The molecule has 1 aromatic carbocycles. The molecule has 178 valence electrons. The highest BCUT2D eigenvalue weighted by Gasteiger charge is 2.24. The molecule has 9 heteroatoms. The molecule has 8 nitrogen and oxygen atoms in total. The van der Waals surface area contributed by atoms with Gasteiger partial charge in [0.05, 0.1) is 7.11 Å². The van der Waals surface area contributed by atoms with Crippen molar-refractivity contribution in [2.75, 3.05) is 20.2 Å². The topological polar surface area (TPSA) is 90.0 Å². The number of alkyl carbamates (subject to hydrolysis) is 1. The number of allylic oxidation sites excluding steroid dienone is 1. The lowest BCUT2D eigenvalue weighted by atomic mass is 10.2. The van der Waals surface area contributed by atoms with Crippen molar-refractivity contribution >= 4 is 18.3 Å². The van der Waals surface area contributed by atoms with Crippen LogP contribution in [0.5, 0.6) is 5.88 Å². The standard InChI is InChI=1S/C24H30FN3O5/c1-17(15-19-11-12-26-21(31-5)20(19)25)28(23(30)33-24(2,3)4)14-13-27-22(29)32-16-18-9-7-6-8-10-18/h6-12,15H,13-14,16H2,1-5H3,(H,27,29)/b17-15-. The number of hydrogen-bond acceptors (Lipinski definition) is 6. The van der Waals surface area contributed by atoms with Crippen molar-refractivity contribution in [2.45, 2.75) is 39.9 Å². The lowest BCUT2D eigenvalue weighted by Crippen LogP contribution is -2.40. The molecule has 0 saturated carbocycles. The normalized spacial score (nSPS) is 11.5. The fraction of sp³-hybridized carbons (Fsp3) is 0.375. The van der Waals surface area contributed by atoms with E-state index in [1.807, 2.05) is 30.3 Å². The molecule has 0 saturated heterocycles. The maximum absolute atomic E-state index is 14.5. The molecule has 1 aromatic heterocycles. The van der Waals surface area contributed by atoms with Gasteiger partial charge in [-0.2, -0.15) is 0 Å². The summed E-state index contributed by atoms with van der Waals surface area (Å²) < 4.78 is 30.1. The molecule has 33 heavy (non-hydrogen) atoms. The summed E-state index contributed by atoms with van der Waals surface area (Å²) in [5, 5.41) is 2.61. The van der Waals surface area contributed by atoms with E-state index in [0.717, 1.165) is 5.56 Å². The van der Waals surface area contributed by atoms with Crippen molar-refractivity contribution in [3.05, 3.63) is 65.2 Å². The van der Waals surface area contributed by atoms with E-state index in [4.69, 9.17) is 14.2 Å². The Morgan fingerprint density at radius 2 is 1.88 bits per heavy atom. The smallest absolute Gasteiger partial charge is 0.414 e. The average Bonchev–Trinajstić information content (AvgIpc) is 2.76. The third kappa shape index (κ3) is 8.44. The molecule has 0 radical (unpaired) electrons. The number of nitrogens with zero attached hydrogens (tertiary/aromatic N) is 2. The number of carbonyl (C=O) groups is 2. The first-order valence-electron chi connectivity index (χ1n) is 10.4. The predicted molar refractivity (Wildman–Crippen MR) is 122 cm³/mol. The minimum Gasteiger partial charge on any atom is -0.479 e. The van der Waals surface area contributed by atoms with Gasteiger partial charge in [0.1, 0.15) is 12.2 Å². The van der Waals surface area contributed by atoms with E-state index < -0.39 is 23.6 Å². The maximum atomic E-state index is 14.5. The minimum absolute atomic E-state index is 0.0848. The fourth-order valence-electron chi connectivity index (χ4n) is 2.77. The van der Waals surface area contributed by atoms with Crippen LogP contribution >= 0.6 is 0 Å². The number of aromatic nitrogens is 1. The summed E-state index contributed by atoms with van der Waals surface area (Å²) in [5.41, 5.74) is 0.735. The Morgan fingerprint density at radius 3 is 2.52 bits per heavy atom. The summed E-state index contributed by atoms with van der Waals surface area (Å²) in [6.45, 7) is 7.19. The SMILES string of the molecule is COc1nccc(/C=C(/C)N(CCNC(=O)OCc2ccccc2)C(=O)OC(C)(C)C)c1F. The van der Waals surface area contributed by atoms with Gasteiger partial charge in [-0.3, -0.25) is 4.90 Å². The predicted octanol–water partition coefficient (Wildman–Crippen LogP) is 4.75. The van der Waals surface area contributed by atoms with Crippen LogP contribution in [0.2, 0.25) is 0 Å². The highest BCUT2D eigenvalue weighted by Crippen LogP contribution is 2.21. The van der Waals surface area contributed by atoms with E-state index in [1.165, 1.54) is 30.3 Å². The molecule has 0 spiro atoms. The average molecular weight is 460 g/mol. The van der Waals surface area contributed by atoms with Crippen molar-refractivity contribution in [1.29, 1.82) is 0 Å². The number of carbonyl (C=O) groups excluding carboxylic acids is 2. The van der Waals surface area contributed by atoms with Crippen LogP contribution in [0.25, 0.3) is 6.08 Å². The van der Waals surface area contributed by atoms with E-state index in [2.05, 4.69) is 10.3 Å². The highest BCUT2D eigenvalue weighted by atomic mass is 19.1. The molecule has 0 aliphatic carbocycles. The summed E-state index contributed by atoms with van der Waals surface area (Å²) in [4.78, 5) is 29.9. The second-order valence-electron chi connectivity index (χ2n) is 8.13. The molecular formula is C24H30FN3O5. The number of methoxy groups -OCH3 is 1. The molecule has 0 unspecified atom stereocenters. The molecule has 2 aromatic rings. The van der Waals surface area contributed by atoms with Crippen LogP contribution in [0, 0.1) is 5.82 Å². The van der Waals surface area contributed by atoms with Crippen LogP contribution in [0.4, 0.5) is 14.0 Å². The quantitative estimate of drug-likeness (QED) is 0.613. The molecular weight excluding hydrogens is 429 g/mol. The molecule has 0 aliphatic heterocycles. The Balaban J connectivity index is 2.07. The molecule has 0 fully saturated rings. The van der Waals surface area contributed by atoms with Crippen LogP contribution in [0.1, 0.15) is 38.8 Å². The molecule has 0 aliphatic rings. The lowest BCUT2D eigenvalue weighted by molar-refractivity contribution is 0.0315. The molecule has 0 atom stereocenters. The molecule has 2 rings (SSSR count). The first-order chi connectivity index (χ1) is 15.6. The summed E-state index contributed by atoms with van der Waals surface area (Å²) >= 11 is 0. The third-order valence-electron chi connectivity index (χ3n) is 4.30. The molecule has 1 heterocycles. The molecule has 2 amide bonds. The van der Waals surface area contributed by atoms with Crippen LogP contribution in [-0.2, 0) is 16.1 Å². The first kappa shape index (κ1) is 25.6. The fourth-order valence-corrected chi connectivity index (χ4v) is 2.77. The van der Waals surface area contributed by atoms with Crippen molar-refractivity contribution in [3.8, 4) is 5.88 Å². The lowest BCUT2D eigenvalue weighted by Gasteiger charge is -2.28. The van der Waals surface area contributed by atoms with Gasteiger partial charge in [-0.15, -0.1) is 0 Å². The molecule has 1 N–H and O–H groups in total. The second-order valence-corrected chi connectivity index (χ2v) is 8.13. The van der Waals surface area contributed by atoms with Gasteiger partial charge < -0.3 is 19.5 Å². The minimum atomic E-state index is -0.733. The number of benzene rings is 1. The van der Waals surface area contributed by atoms with E-state index in [9.17, 15) is 14.0 Å². The summed E-state index contributed by atoms with van der Waals surface area (Å²) in [6.07, 6.45) is 1.65. The van der Waals surface area contributed by atoms with Gasteiger partial charge in [0.2, 0.25) is 0 Å². The van der Waals surface area contributed by atoms with E-state index in [1.54, 1.807) is 27.7 Å². The maximum Gasteiger partial charge on any atom is 0.414 e. The highest BCUT2D eigenvalue weighted by molar-refractivity contribution is 5.73. The van der Waals surface area contributed by atoms with Crippen LogP contribution in [0.3, 0.4) is 0 Å². The van der Waals surface area contributed by atoms with Crippen molar-refractivity contribution in [1.82, 2.24) is 15.2 Å². The number of ether oxygens (including phenoxy) is 3. The molecule has 0 bridgehead atoms. The van der Waals surface area contributed by atoms with E-state index in [0.29, 0.717) is 5.70 Å². The van der Waals surface area contributed by atoms with Gasteiger partial charge >= 0.3 is 12.2 Å². The largest absolute Gasteiger partial charge is 0.479 e. The summed E-state index contributed by atoms with van der Waals surface area (Å²) in [7, 11) is 1.32. The zero-order chi connectivity index (χ0) is 24.4. The van der Waals surface area contributed by atoms with E-state index in [-0.39, 0.29) is 31.1 Å². The Labute approximate surface area is 193 Å². The Hall–Kier alpha value is -3.62. The third-order valence-corrected chi connectivity index (χ3v) is 4.30. The van der Waals surface area contributed by atoms with Gasteiger partial charge in [0.25, 0.3) is 5.88 Å². The van der Waals surface area contributed by atoms with Gasteiger partial charge in [-0.25, -0.2) is 19.0 Å². The Morgan fingerprint density at radius 1 is 1.18 bits per heavy atom. The number of amides is 2. The van der Waals surface area contributed by atoms with E-state index >= 15 is 0 Å². The Bertz CT molecular complexity index is 974.